The molecular formula is C26H42O6. The maximum absolute atomic E-state index is 5.59. The van der Waals surface area contributed by atoms with E-state index in [1.165, 1.54) is 0 Å². The van der Waals surface area contributed by atoms with E-state index in [1.54, 1.807) is 12.5 Å². The van der Waals surface area contributed by atoms with Crippen molar-refractivity contribution in [1.29, 1.82) is 0 Å². The lowest BCUT2D eigenvalue weighted by Crippen LogP contribution is -2.11. The monoisotopic (exact) mass is 450 g/mol. The molecule has 0 aliphatic heterocycles. The average molecular weight is 451 g/mol. The van der Waals surface area contributed by atoms with Gasteiger partial charge in [0.15, 0.2) is 0 Å². The second-order valence-corrected chi connectivity index (χ2v) is 7.98. The number of ether oxygens (including phenoxy) is 6. The average Bonchev–Trinajstić information content (AvgIpc) is 2.76. The lowest BCUT2D eigenvalue weighted by atomic mass is 10.0. The van der Waals surface area contributed by atoms with Gasteiger partial charge in [0.25, 0.3) is 0 Å². The van der Waals surface area contributed by atoms with Crippen molar-refractivity contribution >= 4 is 11.1 Å². The van der Waals surface area contributed by atoms with Crippen molar-refractivity contribution in [2.45, 2.75) is 53.8 Å². The van der Waals surface area contributed by atoms with Crippen LogP contribution in [0.1, 0.15) is 52.7 Å². The van der Waals surface area contributed by atoms with Crippen LogP contribution in [0.15, 0.2) is 36.8 Å². The van der Waals surface area contributed by atoms with Crippen LogP contribution >= 0.6 is 0 Å². The molecule has 1 aromatic rings. The predicted molar refractivity (Wildman–Crippen MR) is 129 cm³/mol. The largest absolute Gasteiger partial charge is 0.498 e. The Morgan fingerprint density at radius 3 is 1.28 bits per heavy atom. The standard InChI is InChI=1S/C26H42O6/c1-21(2)31-17-15-27-11-13-29-19-23(5)25-7-9-26(10-8-25)24(6)20-30-14-12-28-16-18-32-22(3)4/h7-10,19-22H,11-18H2,1-6H3/b23-19+,24-20+. The highest BCUT2D eigenvalue weighted by atomic mass is 16.5. The van der Waals surface area contributed by atoms with Crippen LogP contribution in [0.2, 0.25) is 0 Å². The maximum Gasteiger partial charge on any atom is 0.111 e. The molecule has 32 heavy (non-hydrogen) atoms. The smallest absolute Gasteiger partial charge is 0.111 e. The fourth-order valence-electron chi connectivity index (χ4n) is 2.60. The molecule has 0 unspecified atom stereocenters. The van der Waals surface area contributed by atoms with Gasteiger partial charge in [-0.1, -0.05) is 24.3 Å². The number of benzene rings is 1. The Labute approximate surface area is 194 Å². The third-order valence-electron chi connectivity index (χ3n) is 4.36. The molecule has 0 amide bonds. The zero-order valence-corrected chi connectivity index (χ0v) is 20.7. The Morgan fingerprint density at radius 2 is 0.938 bits per heavy atom. The van der Waals surface area contributed by atoms with Gasteiger partial charge in [-0.3, -0.25) is 0 Å². The summed E-state index contributed by atoms with van der Waals surface area (Å²) in [6.45, 7) is 16.6. The summed E-state index contributed by atoms with van der Waals surface area (Å²) in [5.74, 6) is 0. The Bertz CT molecular complexity index is 592. The minimum atomic E-state index is 0.235. The minimum absolute atomic E-state index is 0.235. The second kappa shape index (κ2) is 17.7. The van der Waals surface area contributed by atoms with E-state index in [0.717, 1.165) is 22.3 Å². The summed E-state index contributed by atoms with van der Waals surface area (Å²) in [4.78, 5) is 0. The number of hydrogen-bond donors (Lipinski definition) is 0. The van der Waals surface area contributed by atoms with Gasteiger partial charge in [-0.25, -0.2) is 0 Å². The van der Waals surface area contributed by atoms with Gasteiger partial charge in [0.1, 0.15) is 13.2 Å². The van der Waals surface area contributed by atoms with Gasteiger partial charge in [-0.05, 0) is 63.8 Å². The molecule has 0 saturated carbocycles. The van der Waals surface area contributed by atoms with Gasteiger partial charge in [-0.15, -0.1) is 0 Å². The molecule has 1 aromatic carbocycles. The number of hydrogen-bond acceptors (Lipinski definition) is 6. The molecule has 0 aliphatic carbocycles. The Morgan fingerprint density at radius 1 is 0.594 bits per heavy atom. The van der Waals surface area contributed by atoms with E-state index < -0.39 is 0 Å². The van der Waals surface area contributed by atoms with Gasteiger partial charge in [0.05, 0.1) is 64.4 Å². The third kappa shape index (κ3) is 14.2. The van der Waals surface area contributed by atoms with Crippen LogP contribution in [0.25, 0.3) is 11.1 Å². The molecule has 0 radical (unpaired) electrons. The van der Waals surface area contributed by atoms with Crippen LogP contribution in [0.4, 0.5) is 0 Å². The molecule has 182 valence electrons. The molecule has 0 spiro atoms. The van der Waals surface area contributed by atoms with Crippen LogP contribution in [-0.4, -0.2) is 65.1 Å². The van der Waals surface area contributed by atoms with Crippen molar-refractivity contribution in [2.24, 2.45) is 0 Å². The Balaban J connectivity index is 2.25. The van der Waals surface area contributed by atoms with Crippen LogP contribution < -0.4 is 0 Å². The van der Waals surface area contributed by atoms with E-state index >= 15 is 0 Å². The maximum atomic E-state index is 5.59. The van der Waals surface area contributed by atoms with E-state index in [-0.39, 0.29) is 12.2 Å². The number of allylic oxidation sites excluding steroid dienone is 2. The van der Waals surface area contributed by atoms with Gasteiger partial charge in [0.2, 0.25) is 0 Å². The zero-order chi connectivity index (χ0) is 23.6. The highest BCUT2D eigenvalue weighted by Gasteiger charge is 2.00. The third-order valence-corrected chi connectivity index (χ3v) is 4.36. The quantitative estimate of drug-likeness (QED) is 0.223. The summed E-state index contributed by atoms with van der Waals surface area (Å²) in [5.41, 5.74) is 4.36. The van der Waals surface area contributed by atoms with Crippen molar-refractivity contribution < 1.29 is 28.4 Å². The van der Waals surface area contributed by atoms with Crippen molar-refractivity contribution in [3.05, 3.63) is 47.9 Å². The summed E-state index contributed by atoms with van der Waals surface area (Å²) in [5, 5.41) is 0. The fraction of sp³-hybridized carbons (Fsp3) is 0.615. The first-order valence-electron chi connectivity index (χ1n) is 11.5. The second-order valence-electron chi connectivity index (χ2n) is 7.98. The Hall–Kier alpha value is -1.86. The predicted octanol–water partition coefficient (Wildman–Crippen LogP) is 5.32. The summed E-state index contributed by atoms with van der Waals surface area (Å²) in [7, 11) is 0. The summed E-state index contributed by atoms with van der Waals surface area (Å²) in [6, 6.07) is 8.33. The topological polar surface area (TPSA) is 55.4 Å². The minimum Gasteiger partial charge on any atom is -0.498 e. The molecule has 6 heteroatoms. The summed E-state index contributed by atoms with van der Waals surface area (Å²) in [6.07, 6.45) is 4.03. The molecule has 0 bridgehead atoms. The summed E-state index contributed by atoms with van der Waals surface area (Å²) < 4.78 is 33.0. The van der Waals surface area contributed by atoms with E-state index in [1.807, 2.05) is 41.5 Å². The first kappa shape index (κ1) is 28.2. The first-order valence-corrected chi connectivity index (χ1v) is 11.5. The molecule has 1 rings (SSSR count). The van der Waals surface area contributed by atoms with Crippen molar-refractivity contribution in [3.8, 4) is 0 Å². The molecule has 6 nitrogen and oxygen atoms in total. The molecular weight excluding hydrogens is 408 g/mol. The van der Waals surface area contributed by atoms with Gasteiger partial charge in [0, 0.05) is 0 Å². The molecule has 0 fully saturated rings. The fourth-order valence-corrected chi connectivity index (χ4v) is 2.60. The Kier molecular flexibility index (Phi) is 15.6. The lowest BCUT2D eigenvalue weighted by molar-refractivity contribution is 0.00879. The van der Waals surface area contributed by atoms with Gasteiger partial charge in [-0.2, -0.15) is 0 Å². The number of rotatable bonds is 18. The molecule has 0 saturated heterocycles. The van der Waals surface area contributed by atoms with E-state index in [9.17, 15) is 0 Å². The van der Waals surface area contributed by atoms with Crippen molar-refractivity contribution in [2.75, 3.05) is 52.9 Å². The van der Waals surface area contributed by atoms with Crippen molar-refractivity contribution in [1.82, 2.24) is 0 Å². The molecule has 0 aromatic heterocycles. The normalized spacial score (nSPS) is 12.6. The summed E-state index contributed by atoms with van der Waals surface area (Å²) >= 11 is 0. The van der Waals surface area contributed by atoms with E-state index in [0.29, 0.717) is 52.9 Å². The van der Waals surface area contributed by atoms with Crippen LogP contribution in [0.5, 0.6) is 0 Å². The van der Waals surface area contributed by atoms with E-state index in [4.69, 9.17) is 28.4 Å². The van der Waals surface area contributed by atoms with Crippen molar-refractivity contribution in [3.63, 3.8) is 0 Å². The van der Waals surface area contributed by atoms with Crippen LogP contribution in [0.3, 0.4) is 0 Å². The molecule has 0 N–H and O–H groups in total. The molecule has 0 heterocycles. The van der Waals surface area contributed by atoms with Crippen LogP contribution in [-0.2, 0) is 28.4 Å². The SMILES string of the molecule is C/C(=C\OCCOCCOC(C)C)c1ccc(/C(C)=C/OCCOCCOC(C)C)cc1. The first-order chi connectivity index (χ1) is 15.4. The van der Waals surface area contributed by atoms with E-state index in [2.05, 4.69) is 24.3 Å². The zero-order valence-electron chi connectivity index (χ0n) is 20.7. The lowest BCUT2D eigenvalue weighted by Gasteiger charge is -2.09. The van der Waals surface area contributed by atoms with Gasteiger partial charge >= 0.3 is 0 Å². The highest BCUT2D eigenvalue weighted by molar-refractivity contribution is 5.68. The van der Waals surface area contributed by atoms with Crippen LogP contribution in [0, 0.1) is 0 Å². The highest BCUT2D eigenvalue weighted by Crippen LogP contribution is 2.19. The molecule has 0 aliphatic rings. The van der Waals surface area contributed by atoms with Gasteiger partial charge < -0.3 is 28.4 Å². The molecule has 0 atom stereocenters.